The van der Waals surface area contributed by atoms with Gasteiger partial charge in [0, 0.05) is 42.6 Å². The van der Waals surface area contributed by atoms with E-state index in [1.54, 1.807) is 0 Å². The number of hydrogen-bond donors (Lipinski definition) is 0. The minimum atomic E-state index is -0.0385. The number of pyridine rings is 1. The Morgan fingerprint density at radius 3 is 2.39 bits per heavy atom. The largest absolute Gasteiger partial charge is 0.330 e. The van der Waals surface area contributed by atoms with Crippen LogP contribution in [0.2, 0.25) is 5.02 Å². The van der Waals surface area contributed by atoms with E-state index in [1.165, 1.54) is 11.1 Å². The van der Waals surface area contributed by atoms with Crippen molar-refractivity contribution in [1.29, 1.82) is 0 Å². The highest BCUT2D eigenvalue weighted by Crippen LogP contribution is 2.30. The lowest BCUT2D eigenvalue weighted by atomic mass is 9.89. The van der Waals surface area contributed by atoms with Crippen molar-refractivity contribution in [2.45, 2.75) is 32.4 Å². The Morgan fingerprint density at radius 1 is 1.06 bits per heavy atom. The van der Waals surface area contributed by atoms with Gasteiger partial charge < -0.3 is 4.90 Å². The summed E-state index contributed by atoms with van der Waals surface area (Å²) in [6.07, 6.45) is 9.05. The molecule has 0 N–H and O–H groups in total. The van der Waals surface area contributed by atoms with Crippen molar-refractivity contribution in [3.05, 3.63) is 99.9 Å². The van der Waals surface area contributed by atoms with Crippen LogP contribution in [0.4, 0.5) is 0 Å². The van der Waals surface area contributed by atoms with Gasteiger partial charge in [-0.1, -0.05) is 53.6 Å². The second-order valence-corrected chi connectivity index (χ2v) is 9.57. The monoisotopic (exact) mass is 481 g/mol. The Bertz CT molecular complexity index is 1040. The van der Waals surface area contributed by atoms with Gasteiger partial charge in [0.25, 0.3) is 5.91 Å². The number of piperidine rings is 1. The molecule has 0 radical (unpaired) electrons. The Morgan fingerprint density at radius 2 is 1.73 bits per heavy atom. The number of amides is 1. The fraction of sp³-hybridized carbons (Fsp3) is 0.333. The number of rotatable bonds is 7. The Hall–Kier alpha value is -2.40. The van der Waals surface area contributed by atoms with Crippen LogP contribution in [0, 0.1) is 5.92 Å². The van der Waals surface area contributed by atoms with Crippen LogP contribution < -0.4 is 0 Å². The zero-order valence-corrected chi connectivity index (χ0v) is 20.2. The molecular formula is C27H29Cl2N3O. The van der Waals surface area contributed by atoms with Gasteiger partial charge >= 0.3 is 0 Å². The Labute approximate surface area is 206 Å². The predicted molar refractivity (Wildman–Crippen MR) is 135 cm³/mol. The number of carbonyl (C=O) groups is 1. The number of halogens is 2. The molecule has 2 aromatic rings. The molecule has 4 rings (SSSR count). The van der Waals surface area contributed by atoms with Crippen LogP contribution in [0.3, 0.4) is 0 Å². The maximum atomic E-state index is 12.8. The van der Waals surface area contributed by atoms with E-state index < -0.39 is 0 Å². The minimum Gasteiger partial charge on any atom is -0.330 e. The summed E-state index contributed by atoms with van der Waals surface area (Å²) < 4.78 is 0. The molecule has 2 aliphatic rings. The standard InChI is InChI=1S/C27H29Cl2N3O/c1-20(14-21-8-12-31(13-9-21)17-23-6-10-30-11-7-23)15-24-19-32(27(33)26(24)16-28)18-22-2-4-25(29)5-3-22/h2-7,10-11,15-16,21H,1,8-9,12-14,17-19H2/b24-15-,26-16-. The first kappa shape index (κ1) is 23.7. The van der Waals surface area contributed by atoms with E-state index in [-0.39, 0.29) is 5.91 Å². The summed E-state index contributed by atoms with van der Waals surface area (Å²) in [4.78, 5) is 21.3. The number of likely N-dealkylation sites (tertiary alicyclic amines) is 2. The molecule has 0 bridgehead atoms. The number of allylic oxidation sites excluding steroid dienone is 2. The van der Waals surface area contributed by atoms with Crippen molar-refractivity contribution in [2.75, 3.05) is 19.6 Å². The summed E-state index contributed by atoms with van der Waals surface area (Å²) in [5, 5.41) is 0.688. The van der Waals surface area contributed by atoms with Gasteiger partial charge in [-0.25, -0.2) is 0 Å². The molecule has 1 aromatic carbocycles. The highest BCUT2D eigenvalue weighted by Gasteiger charge is 2.30. The molecule has 0 saturated carbocycles. The molecule has 0 unspecified atom stereocenters. The maximum absolute atomic E-state index is 12.8. The highest BCUT2D eigenvalue weighted by atomic mass is 35.5. The van der Waals surface area contributed by atoms with E-state index in [2.05, 4.69) is 34.7 Å². The summed E-state index contributed by atoms with van der Waals surface area (Å²) in [5.41, 5.74) is 6.34. The molecule has 0 spiro atoms. The van der Waals surface area contributed by atoms with Crippen LogP contribution in [0.5, 0.6) is 0 Å². The molecule has 1 aromatic heterocycles. The van der Waals surface area contributed by atoms with Gasteiger partial charge in [-0.2, -0.15) is 0 Å². The summed E-state index contributed by atoms with van der Waals surface area (Å²) in [6.45, 7) is 8.55. The van der Waals surface area contributed by atoms with Gasteiger partial charge in [0.15, 0.2) is 0 Å². The molecule has 33 heavy (non-hydrogen) atoms. The first-order chi connectivity index (χ1) is 16.0. The lowest BCUT2D eigenvalue weighted by Gasteiger charge is -2.32. The van der Waals surface area contributed by atoms with E-state index in [0.717, 1.165) is 55.6 Å². The van der Waals surface area contributed by atoms with E-state index in [1.807, 2.05) is 41.6 Å². The summed E-state index contributed by atoms with van der Waals surface area (Å²) in [6, 6.07) is 11.7. The molecule has 2 fully saturated rings. The topological polar surface area (TPSA) is 36.4 Å². The van der Waals surface area contributed by atoms with E-state index in [0.29, 0.717) is 29.6 Å². The fourth-order valence-electron chi connectivity index (χ4n) is 4.62. The molecule has 1 amide bonds. The van der Waals surface area contributed by atoms with Crippen molar-refractivity contribution in [2.24, 2.45) is 5.92 Å². The average molecular weight is 482 g/mol. The summed E-state index contributed by atoms with van der Waals surface area (Å²) in [7, 11) is 0. The van der Waals surface area contributed by atoms with Gasteiger partial charge in [-0.05, 0) is 79.2 Å². The lowest BCUT2D eigenvalue weighted by Crippen LogP contribution is -2.33. The Kier molecular flexibility index (Phi) is 8.02. The molecule has 3 heterocycles. The van der Waals surface area contributed by atoms with Crippen molar-refractivity contribution in [1.82, 2.24) is 14.8 Å². The first-order valence-corrected chi connectivity index (χ1v) is 12.2. The molecule has 2 aliphatic heterocycles. The molecular weight excluding hydrogens is 453 g/mol. The molecule has 172 valence electrons. The van der Waals surface area contributed by atoms with Crippen molar-refractivity contribution in [3.63, 3.8) is 0 Å². The SMILES string of the molecule is C=C(/C=C1/CN(Cc2ccc(Cl)cc2)C(=O)/C1=C\Cl)CC1CCN(Cc2ccncc2)CC1. The number of nitrogens with zero attached hydrogens (tertiary/aromatic N) is 3. The molecule has 4 nitrogen and oxygen atoms in total. The van der Waals surface area contributed by atoms with Crippen LogP contribution in [0.1, 0.15) is 30.4 Å². The highest BCUT2D eigenvalue weighted by molar-refractivity contribution is 6.30. The Balaban J connectivity index is 1.31. The molecule has 6 heteroatoms. The second-order valence-electron chi connectivity index (χ2n) is 8.92. The zero-order chi connectivity index (χ0) is 23.2. The van der Waals surface area contributed by atoms with E-state index in [4.69, 9.17) is 23.2 Å². The van der Waals surface area contributed by atoms with Crippen molar-refractivity contribution < 1.29 is 4.79 Å². The van der Waals surface area contributed by atoms with Crippen LogP contribution in [-0.4, -0.2) is 40.3 Å². The van der Waals surface area contributed by atoms with E-state index in [9.17, 15) is 4.79 Å². The van der Waals surface area contributed by atoms with Crippen LogP contribution in [0.15, 0.2) is 83.7 Å². The van der Waals surface area contributed by atoms with Gasteiger partial charge in [-0.3, -0.25) is 14.7 Å². The van der Waals surface area contributed by atoms with Gasteiger partial charge in [0.2, 0.25) is 0 Å². The quantitative estimate of drug-likeness (QED) is 0.456. The fourth-order valence-corrected chi connectivity index (χ4v) is 4.98. The minimum absolute atomic E-state index is 0.0385. The van der Waals surface area contributed by atoms with Crippen LogP contribution in [0.25, 0.3) is 0 Å². The first-order valence-electron chi connectivity index (χ1n) is 11.4. The summed E-state index contributed by atoms with van der Waals surface area (Å²) in [5.74, 6) is 0.581. The van der Waals surface area contributed by atoms with E-state index >= 15 is 0 Å². The van der Waals surface area contributed by atoms with Crippen molar-refractivity contribution in [3.8, 4) is 0 Å². The summed E-state index contributed by atoms with van der Waals surface area (Å²) >= 11 is 12.0. The molecule has 0 aliphatic carbocycles. The third kappa shape index (κ3) is 6.35. The maximum Gasteiger partial charge on any atom is 0.255 e. The number of aromatic nitrogens is 1. The third-order valence-corrected chi connectivity index (χ3v) is 6.88. The number of carbonyl (C=O) groups excluding carboxylic acids is 1. The second kappa shape index (κ2) is 11.1. The predicted octanol–water partition coefficient (Wildman–Crippen LogP) is 5.98. The van der Waals surface area contributed by atoms with Gasteiger partial charge in [0.05, 0.1) is 5.57 Å². The van der Waals surface area contributed by atoms with Crippen LogP contribution in [-0.2, 0) is 17.9 Å². The molecule has 2 saturated heterocycles. The smallest absolute Gasteiger partial charge is 0.255 e. The third-order valence-electron chi connectivity index (χ3n) is 6.41. The normalized spacial score (nSPS) is 20.2. The molecule has 0 atom stereocenters. The number of benzene rings is 1. The van der Waals surface area contributed by atoms with Crippen LogP contribution >= 0.6 is 23.2 Å². The zero-order valence-electron chi connectivity index (χ0n) is 18.7. The lowest BCUT2D eigenvalue weighted by molar-refractivity contribution is -0.125. The van der Waals surface area contributed by atoms with Gasteiger partial charge in [-0.15, -0.1) is 0 Å². The number of hydrogen-bond acceptors (Lipinski definition) is 3. The van der Waals surface area contributed by atoms with Crippen molar-refractivity contribution >= 4 is 29.1 Å². The van der Waals surface area contributed by atoms with Gasteiger partial charge in [0.1, 0.15) is 0 Å². The average Bonchev–Trinajstić information content (AvgIpc) is 3.10.